The molecule has 0 saturated heterocycles. The molecule has 0 unspecified atom stereocenters. The van der Waals surface area contributed by atoms with Crippen molar-refractivity contribution < 1.29 is 4.74 Å². The van der Waals surface area contributed by atoms with Crippen LogP contribution in [0.4, 0.5) is 11.8 Å². The molecule has 6 heteroatoms. The Morgan fingerprint density at radius 1 is 1.47 bits per heavy atom. The van der Waals surface area contributed by atoms with Crippen LogP contribution in [-0.2, 0) is 4.74 Å². The first kappa shape index (κ1) is 13.6. The molecule has 0 fully saturated rings. The number of rotatable bonds is 8. The molecule has 0 aliphatic heterocycles. The van der Waals surface area contributed by atoms with Crippen molar-refractivity contribution in [3.63, 3.8) is 0 Å². The first-order valence-corrected chi connectivity index (χ1v) is 5.91. The van der Waals surface area contributed by atoms with E-state index in [-0.39, 0.29) is 0 Å². The highest BCUT2D eigenvalue weighted by Gasteiger charge is 2.05. The second kappa shape index (κ2) is 7.78. The van der Waals surface area contributed by atoms with E-state index in [1.165, 1.54) is 0 Å². The zero-order valence-corrected chi connectivity index (χ0v) is 10.8. The number of hydrogen-bond acceptors (Lipinski definition) is 6. The smallest absolute Gasteiger partial charge is 0.247 e. The predicted octanol–water partition coefficient (Wildman–Crippen LogP) is 1.17. The van der Waals surface area contributed by atoms with E-state index in [0.29, 0.717) is 19.1 Å². The van der Waals surface area contributed by atoms with Crippen molar-refractivity contribution >= 4 is 11.8 Å². The first-order chi connectivity index (χ1) is 8.27. The average molecular weight is 239 g/mol. The summed E-state index contributed by atoms with van der Waals surface area (Å²) in [6, 6.07) is 0. The Hall–Kier alpha value is -1.43. The van der Waals surface area contributed by atoms with E-state index in [2.05, 4.69) is 27.4 Å². The minimum absolute atomic E-state index is 0.644. The topological polar surface area (TPSA) is 63.2 Å². The molecule has 96 valence electrons. The molecule has 6 nitrogen and oxygen atoms in total. The number of anilines is 2. The maximum atomic E-state index is 4.96. The van der Waals surface area contributed by atoms with Gasteiger partial charge in [0.1, 0.15) is 0 Å². The normalized spacial score (nSPS) is 10.3. The summed E-state index contributed by atoms with van der Waals surface area (Å²) in [5.74, 6) is 1.39. The van der Waals surface area contributed by atoms with Crippen molar-refractivity contribution in [2.75, 3.05) is 44.1 Å². The van der Waals surface area contributed by atoms with Crippen LogP contribution < -0.4 is 10.2 Å². The number of methoxy groups -OCH3 is 1. The quantitative estimate of drug-likeness (QED) is 0.687. The van der Waals surface area contributed by atoms with Crippen molar-refractivity contribution in [2.24, 2.45) is 0 Å². The van der Waals surface area contributed by atoms with Gasteiger partial charge in [-0.1, -0.05) is 13.3 Å². The molecule has 1 heterocycles. The van der Waals surface area contributed by atoms with Crippen molar-refractivity contribution in [3.8, 4) is 0 Å². The summed E-state index contributed by atoms with van der Waals surface area (Å²) in [4.78, 5) is 6.39. The van der Waals surface area contributed by atoms with E-state index < -0.39 is 0 Å². The molecule has 1 aromatic heterocycles. The Balaban J connectivity index is 2.52. The molecule has 1 rings (SSSR count). The number of nitrogens with zero attached hydrogens (tertiary/aromatic N) is 4. The molecule has 0 atom stereocenters. The summed E-state index contributed by atoms with van der Waals surface area (Å²) in [6.45, 7) is 4.47. The van der Waals surface area contributed by atoms with Gasteiger partial charge in [-0.3, -0.25) is 0 Å². The third-order valence-corrected chi connectivity index (χ3v) is 2.35. The van der Waals surface area contributed by atoms with Crippen LogP contribution in [0.2, 0.25) is 0 Å². The molecule has 1 N–H and O–H groups in total. The summed E-state index contributed by atoms with van der Waals surface area (Å²) < 4.78 is 4.96. The average Bonchev–Trinajstić information content (AvgIpc) is 2.36. The molecule has 1 aromatic rings. The fourth-order valence-corrected chi connectivity index (χ4v) is 1.32. The maximum Gasteiger partial charge on any atom is 0.247 e. The van der Waals surface area contributed by atoms with E-state index >= 15 is 0 Å². The Bertz CT molecular complexity index is 320. The Labute approximate surface area is 102 Å². The molecule has 0 saturated carbocycles. The van der Waals surface area contributed by atoms with Gasteiger partial charge in [-0.15, -0.1) is 5.10 Å². The fourth-order valence-electron chi connectivity index (χ4n) is 1.32. The minimum Gasteiger partial charge on any atom is -0.383 e. The van der Waals surface area contributed by atoms with E-state index in [4.69, 9.17) is 4.74 Å². The van der Waals surface area contributed by atoms with Gasteiger partial charge >= 0.3 is 0 Å². The number of ether oxygens (including phenoxy) is 1. The standard InChI is InChI=1S/C11H21N5O/c1-4-5-7-16(2)11-14-10(9-13-15-11)12-6-8-17-3/h9H,4-8H2,1-3H3,(H,12,14,15). The van der Waals surface area contributed by atoms with Gasteiger partial charge in [-0.2, -0.15) is 10.1 Å². The lowest BCUT2D eigenvalue weighted by Crippen LogP contribution is -2.22. The molecule has 17 heavy (non-hydrogen) atoms. The summed E-state index contributed by atoms with van der Waals surface area (Å²) in [6.07, 6.45) is 3.90. The molecule has 0 aliphatic rings. The third kappa shape index (κ3) is 4.95. The van der Waals surface area contributed by atoms with Crippen LogP contribution in [-0.4, -0.2) is 49.0 Å². The first-order valence-electron chi connectivity index (χ1n) is 5.91. The van der Waals surface area contributed by atoms with Crippen LogP contribution in [0.15, 0.2) is 6.20 Å². The SMILES string of the molecule is CCCCN(C)c1nncc(NCCOC)n1. The molecule has 0 aliphatic carbocycles. The third-order valence-electron chi connectivity index (χ3n) is 2.35. The largest absolute Gasteiger partial charge is 0.383 e. The summed E-state index contributed by atoms with van der Waals surface area (Å²) in [5.41, 5.74) is 0. The van der Waals surface area contributed by atoms with Crippen molar-refractivity contribution in [3.05, 3.63) is 6.20 Å². The monoisotopic (exact) mass is 239 g/mol. The highest BCUT2D eigenvalue weighted by atomic mass is 16.5. The van der Waals surface area contributed by atoms with E-state index in [1.807, 2.05) is 11.9 Å². The molecule has 0 bridgehead atoms. The van der Waals surface area contributed by atoms with Gasteiger partial charge in [-0.05, 0) is 6.42 Å². The number of aromatic nitrogens is 3. The minimum atomic E-state index is 0.644. The lowest BCUT2D eigenvalue weighted by atomic mass is 10.3. The van der Waals surface area contributed by atoms with Crippen molar-refractivity contribution in [1.29, 1.82) is 0 Å². The predicted molar refractivity (Wildman–Crippen MR) is 68.4 cm³/mol. The summed E-state index contributed by atoms with van der Waals surface area (Å²) >= 11 is 0. The Morgan fingerprint density at radius 3 is 3.00 bits per heavy atom. The highest BCUT2D eigenvalue weighted by molar-refractivity contribution is 5.38. The molecular formula is C11H21N5O. The van der Waals surface area contributed by atoms with E-state index in [9.17, 15) is 0 Å². The highest BCUT2D eigenvalue weighted by Crippen LogP contribution is 2.08. The van der Waals surface area contributed by atoms with E-state index in [1.54, 1.807) is 13.3 Å². The van der Waals surface area contributed by atoms with E-state index in [0.717, 1.165) is 25.2 Å². The number of nitrogens with one attached hydrogen (secondary N) is 1. The lowest BCUT2D eigenvalue weighted by Gasteiger charge is -2.16. The molecular weight excluding hydrogens is 218 g/mol. The lowest BCUT2D eigenvalue weighted by molar-refractivity contribution is 0.210. The van der Waals surface area contributed by atoms with Crippen LogP contribution in [0.1, 0.15) is 19.8 Å². The maximum absolute atomic E-state index is 4.96. The van der Waals surface area contributed by atoms with Gasteiger partial charge in [0.25, 0.3) is 0 Å². The van der Waals surface area contributed by atoms with Crippen LogP contribution in [0.25, 0.3) is 0 Å². The van der Waals surface area contributed by atoms with Crippen LogP contribution in [0.3, 0.4) is 0 Å². The van der Waals surface area contributed by atoms with Gasteiger partial charge in [0.15, 0.2) is 5.82 Å². The second-order valence-electron chi connectivity index (χ2n) is 3.84. The van der Waals surface area contributed by atoms with Gasteiger partial charge in [0.05, 0.1) is 12.8 Å². The van der Waals surface area contributed by atoms with Gasteiger partial charge < -0.3 is 15.0 Å². The molecule has 0 spiro atoms. The van der Waals surface area contributed by atoms with Gasteiger partial charge in [0, 0.05) is 27.2 Å². The Morgan fingerprint density at radius 2 is 2.29 bits per heavy atom. The van der Waals surface area contributed by atoms with Crippen LogP contribution in [0.5, 0.6) is 0 Å². The molecule has 0 radical (unpaired) electrons. The Kier molecular flexibility index (Phi) is 6.24. The van der Waals surface area contributed by atoms with Gasteiger partial charge in [-0.25, -0.2) is 0 Å². The molecule has 0 amide bonds. The van der Waals surface area contributed by atoms with Crippen molar-refractivity contribution in [2.45, 2.75) is 19.8 Å². The van der Waals surface area contributed by atoms with Crippen LogP contribution in [0, 0.1) is 0 Å². The summed E-state index contributed by atoms with van der Waals surface area (Å²) in [7, 11) is 3.65. The summed E-state index contributed by atoms with van der Waals surface area (Å²) in [5, 5.41) is 11.1. The second-order valence-corrected chi connectivity index (χ2v) is 3.84. The van der Waals surface area contributed by atoms with Crippen LogP contribution >= 0.6 is 0 Å². The number of unbranched alkanes of at least 4 members (excludes halogenated alkanes) is 1. The fraction of sp³-hybridized carbons (Fsp3) is 0.727. The zero-order chi connectivity index (χ0) is 12.5. The zero-order valence-electron chi connectivity index (χ0n) is 10.8. The number of hydrogen-bond donors (Lipinski definition) is 1. The molecule has 0 aromatic carbocycles. The van der Waals surface area contributed by atoms with Crippen molar-refractivity contribution in [1.82, 2.24) is 15.2 Å². The van der Waals surface area contributed by atoms with Gasteiger partial charge in [0.2, 0.25) is 5.95 Å².